The van der Waals surface area contributed by atoms with Crippen LogP contribution < -0.4 is 0 Å². The second-order valence-electron chi connectivity index (χ2n) is 8.14. The molecule has 0 unspecified atom stereocenters. The predicted octanol–water partition coefficient (Wildman–Crippen LogP) is 4.43. The van der Waals surface area contributed by atoms with E-state index in [1.54, 1.807) is 91.0 Å². The highest BCUT2D eigenvalue weighted by Crippen LogP contribution is 2.31. The van der Waals surface area contributed by atoms with E-state index in [0.717, 1.165) is 0 Å². The summed E-state index contributed by atoms with van der Waals surface area (Å²) in [6, 6.07) is 25.1. The SMILES string of the molecule is CO[C@H]1O[C@H](CBr)[C@@H](OC(=O)c2ccccc2)[C@H](OC(=O)c2ccccc2)[C@H]1OC(=O)c1ccccc1. The van der Waals surface area contributed by atoms with Gasteiger partial charge >= 0.3 is 17.9 Å². The van der Waals surface area contributed by atoms with E-state index in [4.69, 9.17) is 23.7 Å². The molecule has 9 heteroatoms. The molecule has 5 atom stereocenters. The normalized spacial score (nSPS) is 23.0. The number of methoxy groups -OCH3 is 1. The van der Waals surface area contributed by atoms with Crippen molar-refractivity contribution in [1.29, 1.82) is 0 Å². The van der Waals surface area contributed by atoms with Crippen LogP contribution in [0, 0.1) is 0 Å². The molecule has 0 radical (unpaired) electrons. The molecule has 3 aromatic carbocycles. The quantitative estimate of drug-likeness (QED) is 0.223. The van der Waals surface area contributed by atoms with Crippen LogP contribution in [0.2, 0.25) is 0 Å². The van der Waals surface area contributed by atoms with Crippen LogP contribution >= 0.6 is 15.9 Å². The summed E-state index contributed by atoms with van der Waals surface area (Å²) in [5, 5.41) is 0.221. The molecule has 1 heterocycles. The van der Waals surface area contributed by atoms with Gasteiger partial charge in [0.2, 0.25) is 0 Å². The first-order valence-corrected chi connectivity index (χ1v) is 12.7. The number of alkyl halides is 1. The topological polar surface area (TPSA) is 97.4 Å². The molecular weight excluding hydrogens is 544 g/mol. The third-order valence-electron chi connectivity index (χ3n) is 5.73. The number of benzene rings is 3. The Balaban J connectivity index is 1.69. The van der Waals surface area contributed by atoms with E-state index in [2.05, 4.69) is 15.9 Å². The minimum absolute atomic E-state index is 0.221. The molecule has 0 saturated carbocycles. The maximum atomic E-state index is 13.1. The average molecular weight is 569 g/mol. The highest BCUT2D eigenvalue weighted by Gasteiger charge is 2.52. The van der Waals surface area contributed by atoms with Crippen molar-refractivity contribution < 1.29 is 38.1 Å². The number of ether oxygens (including phenoxy) is 5. The lowest BCUT2D eigenvalue weighted by Crippen LogP contribution is -2.62. The van der Waals surface area contributed by atoms with Gasteiger partial charge in [0.25, 0.3) is 0 Å². The molecule has 1 saturated heterocycles. The monoisotopic (exact) mass is 568 g/mol. The van der Waals surface area contributed by atoms with E-state index >= 15 is 0 Å². The number of carbonyl (C=O) groups is 3. The predicted molar refractivity (Wildman–Crippen MR) is 136 cm³/mol. The van der Waals surface area contributed by atoms with Crippen LogP contribution in [0.25, 0.3) is 0 Å². The standard InChI is InChI=1S/C28H25BrO8/c1-33-28-24(37-27(32)20-15-9-4-10-16-20)23(36-26(31)19-13-7-3-8-14-19)22(21(17-29)34-28)35-25(30)18-11-5-2-6-12-18/h2-16,21-24,28H,17H2,1H3/t21-,22-,23+,24-,28+/m1/s1. The fourth-order valence-corrected chi connectivity index (χ4v) is 4.41. The van der Waals surface area contributed by atoms with Crippen LogP contribution in [-0.4, -0.2) is 61.1 Å². The highest BCUT2D eigenvalue weighted by molar-refractivity contribution is 9.09. The molecule has 0 amide bonds. The highest BCUT2D eigenvalue weighted by atomic mass is 79.9. The summed E-state index contributed by atoms with van der Waals surface area (Å²) in [6.45, 7) is 0. The molecule has 4 rings (SSSR count). The zero-order valence-corrected chi connectivity index (χ0v) is 21.5. The molecule has 8 nitrogen and oxygen atoms in total. The van der Waals surface area contributed by atoms with Gasteiger partial charge in [0.1, 0.15) is 6.10 Å². The third kappa shape index (κ3) is 6.43. The summed E-state index contributed by atoms with van der Waals surface area (Å²) < 4.78 is 28.9. The van der Waals surface area contributed by atoms with Gasteiger partial charge in [-0.25, -0.2) is 14.4 Å². The van der Waals surface area contributed by atoms with Crippen molar-refractivity contribution in [3.05, 3.63) is 108 Å². The zero-order chi connectivity index (χ0) is 26.2. The van der Waals surface area contributed by atoms with Gasteiger partial charge in [-0.1, -0.05) is 70.5 Å². The zero-order valence-electron chi connectivity index (χ0n) is 19.9. The van der Waals surface area contributed by atoms with Crippen LogP contribution in [0.15, 0.2) is 91.0 Å². The Morgan fingerprint density at radius 3 is 1.41 bits per heavy atom. The smallest absolute Gasteiger partial charge is 0.338 e. The van der Waals surface area contributed by atoms with Gasteiger partial charge in [-0.05, 0) is 36.4 Å². The van der Waals surface area contributed by atoms with Crippen LogP contribution in [-0.2, 0) is 23.7 Å². The fraction of sp³-hybridized carbons (Fsp3) is 0.250. The van der Waals surface area contributed by atoms with Crippen molar-refractivity contribution in [2.45, 2.75) is 30.7 Å². The van der Waals surface area contributed by atoms with Crippen LogP contribution in [0.5, 0.6) is 0 Å². The second kappa shape index (κ2) is 12.6. The maximum Gasteiger partial charge on any atom is 0.338 e. The largest absolute Gasteiger partial charge is 0.452 e. The van der Waals surface area contributed by atoms with E-state index in [0.29, 0.717) is 5.56 Å². The van der Waals surface area contributed by atoms with Gasteiger partial charge in [0.15, 0.2) is 24.6 Å². The van der Waals surface area contributed by atoms with Gasteiger partial charge < -0.3 is 23.7 Å². The summed E-state index contributed by atoms with van der Waals surface area (Å²) in [4.78, 5) is 39.1. The summed E-state index contributed by atoms with van der Waals surface area (Å²) in [5.41, 5.74) is 0.862. The molecule has 0 aromatic heterocycles. The van der Waals surface area contributed by atoms with Crippen molar-refractivity contribution in [3.63, 3.8) is 0 Å². The molecule has 37 heavy (non-hydrogen) atoms. The van der Waals surface area contributed by atoms with Gasteiger partial charge in [0.05, 0.1) is 16.7 Å². The van der Waals surface area contributed by atoms with Gasteiger partial charge in [-0.2, -0.15) is 0 Å². The van der Waals surface area contributed by atoms with Gasteiger partial charge in [-0.15, -0.1) is 0 Å². The van der Waals surface area contributed by atoms with E-state index in [-0.39, 0.29) is 16.5 Å². The maximum absolute atomic E-state index is 13.1. The van der Waals surface area contributed by atoms with Gasteiger partial charge in [-0.3, -0.25) is 0 Å². The Morgan fingerprint density at radius 1 is 0.649 bits per heavy atom. The van der Waals surface area contributed by atoms with Crippen molar-refractivity contribution in [3.8, 4) is 0 Å². The Kier molecular flexibility index (Phi) is 9.05. The first-order valence-electron chi connectivity index (χ1n) is 11.5. The summed E-state index contributed by atoms with van der Waals surface area (Å²) >= 11 is 3.38. The van der Waals surface area contributed by atoms with E-state index < -0.39 is 48.6 Å². The third-order valence-corrected chi connectivity index (χ3v) is 6.37. The Hall–Kier alpha value is -3.53. The van der Waals surface area contributed by atoms with Gasteiger partial charge in [0, 0.05) is 12.4 Å². The van der Waals surface area contributed by atoms with Crippen LogP contribution in [0.1, 0.15) is 31.1 Å². The van der Waals surface area contributed by atoms with E-state index in [1.165, 1.54) is 7.11 Å². The Morgan fingerprint density at radius 2 is 1.03 bits per heavy atom. The molecule has 3 aromatic rings. The number of hydrogen-bond donors (Lipinski definition) is 0. The lowest BCUT2D eigenvalue weighted by molar-refractivity contribution is -0.282. The summed E-state index contributed by atoms with van der Waals surface area (Å²) in [5.74, 6) is -2.01. The molecule has 1 fully saturated rings. The number of esters is 3. The number of carbonyl (C=O) groups excluding carboxylic acids is 3. The van der Waals surface area contributed by atoms with Crippen molar-refractivity contribution in [1.82, 2.24) is 0 Å². The number of rotatable bonds is 8. The van der Waals surface area contributed by atoms with Crippen LogP contribution in [0.4, 0.5) is 0 Å². The van der Waals surface area contributed by atoms with E-state index in [1.807, 2.05) is 0 Å². The molecular formula is C28H25BrO8. The molecule has 1 aliphatic rings. The lowest BCUT2D eigenvalue weighted by atomic mass is 9.98. The average Bonchev–Trinajstić information content (AvgIpc) is 2.95. The fourth-order valence-electron chi connectivity index (χ4n) is 3.89. The first-order chi connectivity index (χ1) is 18.0. The number of hydrogen-bond acceptors (Lipinski definition) is 8. The summed E-state index contributed by atoms with van der Waals surface area (Å²) in [7, 11) is 1.38. The second-order valence-corrected chi connectivity index (χ2v) is 8.79. The van der Waals surface area contributed by atoms with Crippen LogP contribution in [0.3, 0.4) is 0 Å². The first kappa shape index (κ1) is 26.5. The Bertz CT molecular complexity index is 1120. The molecule has 0 spiro atoms. The molecule has 0 aliphatic carbocycles. The number of halogens is 1. The molecule has 192 valence electrons. The lowest BCUT2D eigenvalue weighted by Gasteiger charge is -2.43. The minimum atomic E-state index is -1.24. The van der Waals surface area contributed by atoms with Crippen molar-refractivity contribution >= 4 is 33.8 Å². The van der Waals surface area contributed by atoms with E-state index in [9.17, 15) is 14.4 Å². The molecule has 1 aliphatic heterocycles. The minimum Gasteiger partial charge on any atom is -0.452 e. The Labute approximate surface area is 222 Å². The molecule has 0 bridgehead atoms. The van der Waals surface area contributed by atoms with Crippen molar-refractivity contribution in [2.24, 2.45) is 0 Å². The van der Waals surface area contributed by atoms with Crippen molar-refractivity contribution in [2.75, 3.05) is 12.4 Å². The summed E-state index contributed by atoms with van der Waals surface area (Å²) in [6.07, 6.45) is -5.49. The molecule has 0 N–H and O–H groups in total.